The Labute approximate surface area is 115 Å². The summed E-state index contributed by atoms with van der Waals surface area (Å²) in [6, 6.07) is 0.357. The van der Waals surface area contributed by atoms with Crippen molar-refractivity contribution in [2.24, 2.45) is 5.92 Å². The predicted octanol–water partition coefficient (Wildman–Crippen LogP) is 2.27. The van der Waals surface area contributed by atoms with E-state index in [1.54, 1.807) is 7.11 Å². The normalized spacial score (nSPS) is 20.1. The van der Waals surface area contributed by atoms with Crippen LogP contribution in [-0.2, 0) is 16.8 Å². The van der Waals surface area contributed by atoms with Gasteiger partial charge in [0, 0.05) is 19.6 Å². The largest absolute Gasteiger partial charge is 0.370 e. The molecule has 2 rings (SSSR count). The molecule has 1 saturated carbocycles. The maximum absolute atomic E-state index is 5.68. The van der Waals surface area contributed by atoms with Gasteiger partial charge in [0.1, 0.15) is 5.60 Å². The van der Waals surface area contributed by atoms with Crippen molar-refractivity contribution in [2.45, 2.75) is 57.6 Å². The van der Waals surface area contributed by atoms with Crippen LogP contribution in [0.15, 0.2) is 4.52 Å². The minimum atomic E-state index is -0.311. The van der Waals surface area contributed by atoms with Gasteiger partial charge in [0.2, 0.25) is 11.7 Å². The fourth-order valence-corrected chi connectivity index (χ4v) is 2.85. The first-order chi connectivity index (χ1) is 9.11. The van der Waals surface area contributed by atoms with Gasteiger partial charge in [-0.2, -0.15) is 4.98 Å². The van der Waals surface area contributed by atoms with Gasteiger partial charge in [0.15, 0.2) is 0 Å². The van der Waals surface area contributed by atoms with Crippen molar-refractivity contribution in [1.29, 1.82) is 0 Å². The highest BCUT2D eigenvalue weighted by Gasteiger charge is 2.40. The quantitative estimate of drug-likeness (QED) is 0.856. The van der Waals surface area contributed by atoms with Crippen molar-refractivity contribution < 1.29 is 9.26 Å². The Morgan fingerprint density at radius 1 is 1.37 bits per heavy atom. The minimum Gasteiger partial charge on any atom is -0.370 e. The van der Waals surface area contributed by atoms with Crippen LogP contribution in [0, 0.1) is 5.92 Å². The van der Waals surface area contributed by atoms with Gasteiger partial charge in [-0.15, -0.1) is 0 Å². The Kier molecular flexibility index (Phi) is 4.58. The van der Waals surface area contributed by atoms with Crippen LogP contribution in [0.1, 0.15) is 51.2 Å². The molecule has 1 unspecified atom stereocenters. The van der Waals surface area contributed by atoms with Crippen LogP contribution in [-0.4, -0.2) is 30.3 Å². The smallest absolute Gasteiger partial charge is 0.228 e. The zero-order valence-corrected chi connectivity index (χ0v) is 12.4. The average molecular weight is 267 g/mol. The molecule has 0 radical (unpaired) electrons. The third-order valence-electron chi connectivity index (χ3n) is 4.25. The lowest BCUT2D eigenvalue weighted by molar-refractivity contribution is -0.0178. The molecule has 1 aliphatic rings. The van der Waals surface area contributed by atoms with Gasteiger partial charge in [-0.25, -0.2) is 0 Å². The lowest BCUT2D eigenvalue weighted by atomic mass is 10.0. The number of ether oxygens (including phenoxy) is 1. The Morgan fingerprint density at radius 2 is 2.05 bits per heavy atom. The first kappa shape index (κ1) is 14.5. The Morgan fingerprint density at radius 3 is 2.58 bits per heavy atom. The van der Waals surface area contributed by atoms with Crippen molar-refractivity contribution in [3.63, 3.8) is 0 Å². The van der Waals surface area contributed by atoms with E-state index in [1.807, 2.05) is 7.05 Å². The molecular weight excluding hydrogens is 242 g/mol. The van der Waals surface area contributed by atoms with Crippen molar-refractivity contribution in [3.8, 4) is 0 Å². The maximum atomic E-state index is 5.68. The number of rotatable bonds is 6. The number of likely N-dealkylation sites (N-methyl/N-ethyl adjacent to an activating group) is 1. The zero-order valence-electron chi connectivity index (χ0n) is 12.4. The highest BCUT2D eigenvalue weighted by molar-refractivity contribution is 5.05. The fraction of sp³-hybridized carbons (Fsp3) is 0.857. The summed E-state index contributed by atoms with van der Waals surface area (Å²) < 4.78 is 11.1. The fourth-order valence-electron chi connectivity index (χ4n) is 2.85. The van der Waals surface area contributed by atoms with Gasteiger partial charge in [0.05, 0.1) is 0 Å². The monoisotopic (exact) mass is 267 g/mol. The summed E-state index contributed by atoms with van der Waals surface area (Å²) in [6.07, 6.45) is 5.08. The van der Waals surface area contributed by atoms with E-state index >= 15 is 0 Å². The molecule has 1 atom stereocenters. The molecule has 108 valence electrons. The highest BCUT2D eigenvalue weighted by atomic mass is 16.5. The number of nitrogens with one attached hydrogen (secondary N) is 1. The molecule has 5 nitrogen and oxygen atoms in total. The molecule has 0 spiro atoms. The lowest BCUT2D eigenvalue weighted by Gasteiger charge is -2.22. The summed E-state index contributed by atoms with van der Waals surface area (Å²) in [6.45, 7) is 4.37. The molecule has 0 bridgehead atoms. The van der Waals surface area contributed by atoms with Crippen LogP contribution in [0.5, 0.6) is 0 Å². The van der Waals surface area contributed by atoms with Gasteiger partial charge in [-0.1, -0.05) is 19.0 Å². The molecule has 5 heteroatoms. The van der Waals surface area contributed by atoms with E-state index in [0.29, 0.717) is 17.9 Å². The van der Waals surface area contributed by atoms with Crippen LogP contribution < -0.4 is 5.32 Å². The number of hydrogen-bond donors (Lipinski definition) is 1. The van der Waals surface area contributed by atoms with Gasteiger partial charge in [-0.3, -0.25) is 0 Å². The molecule has 0 aliphatic heterocycles. The standard InChI is InChI=1S/C14H25N3O2/c1-10(2)11(15-3)9-12-16-13(17-19-12)14(18-4)7-5-6-8-14/h10-11,15H,5-9H2,1-4H3. The van der Waals surface area contributed by atoms with Gasteiger partial charge in [0.25, 0.3) is 0 Å². The molecule has 1 fully saturated rings. The second-order valence-corrected chi connectivity index (χ2v) is 5.76. The number of nitrogens with zero attached hydrogens (tertiary/aromatic N) is 2. The topological polar surface area (TPSA) is 60.2 Å². The first-order valence-electron chi connectivity index (χ1n) is 7.17. The van der Waals surface area contributed by atoms with Crippen LogP contribution in [0.4, 0.5) is 0 Å². The van der Waals surface area contributed by atoms with Crippen LogP contribution in [0.25, 0.3) is 0 Å². The molecule has 0 saturated heterocycles. The third kappa shape index (κ3) is 2.98. The van der Waals surface area contributed by atoms with Crippen molar-refractivity contribution in [2.75, 3.05) is 14.2 Å². The molecule has 1 aromatic rings. The van der Waals surface area contributed by atoms with Crippen molar-refractivity contribution >= 4 is 0 Å². The lowest BCUT2D eigenvalue weighted by Crippen LogP contribution is -2.33. The summed E-state index contributed by atoms with van der Waals surface area (Å²) in [7, 11) is 3.71. The van der Waals surface area contributed by atoms with Crippen molar-refractivity contribution in [1.82, 2.24) is 15.5 Å². The third-order valence-corrected chi connectivity index (χ3v) is 4.25. The molecule has 19 heavy (non-hydrogen) atoms. The van der Waals surface area contributed by atoms with E-state index in [4.69, 9.17) is 9.26 Å². The van der Waals surface area contributed by atoms with E-state index in [2.05, 4.69) is 29.3 Å². The average Bonchev–Trinajstić information content (AvgIpc) is 3.05. The summed E-state index contributed by atoms with van der Waals surface area (Å²) >= 11 is 0. The van der Waals surface area contributed by atoms with Crippen molar-refractivity contribution in [3.05, 3.63) is 11.7 Å². The second-order valence-electron chi connectivity index (χ2n) is 5.76. The molecule has 1 aliphatic carbocycles. The van der Waals surface area contributed by atoms with Gasteiger partial charge >= 0.3 is 0 Å². The zero-order chi connectivity index (χ0) is 13.9. The van der Waals surface area contributed by atoms with Crippen LogP contribution >= 0.6 is 0 Å². The second kappa shape index (κ2) is 6.01. The Hall–Kier alpha value is -0.940. The van der Waals surface area contributed by atoms with E-state index < -0.39 is 0 Å². The van der Waals surface area contributed by atoms with E-state index in [1.165, 1.54) is 12.8 Å². The van der Waals surface area contributed by atoms with Crippen LogP contribution in [0.3, 0.4) is 0 Å². The first-order valence-corrected chi connectivity index (χ1v) is 7.17. The predicted molar refractivity (Wildman–Crippen MR) is 72.8 cm³/mol. The number of hydrogen-bond acceptors (Lipinski definition) is 5. The summed E-state index contributed by atoms with van der Waals surface area (Å²) in [4.78, 5) is 4.56. The number of aromatic nitrogens is 2. The molecular formula is C14H25N3O2. The molecule has 1 heterocycles. The number of methoxy groups -OCH3 is 1. The summed E-state index contributed by atoms with van der Waals surface area (Å²) in [5, 5.41) is 7.44. The van der Waals surface area contributed by atoms with E-state index in [9.17, 15) is 0 Å². The summed E-state index contributed by atoms with van der Waals surface area (Å²) in [5.74, 6) is 1.95. The molecule has 1 N–H and O–H groups in total. The SMILES string of the molecule is CNC(Cc1nc(C2(OC)CCCC2)no1)C(C)C. The van der Waals surface area contributed by atoms with Gasteiger partial charge < -0.3 is 14.6 Å². The molecule has 0 amide bonds. The van der Waals surface area contributed by atoms with Gasteiger partial charge in [-0.05, 0) is 38.6 Å². The Balaban J connectivity index is 2.10. The molecule has 1 aromatic heterocycles. The van der Waals surface area contributed by atoms with E-state index in [0.717, 1.165) is 25.1 Å². The Bertz CT molecular complexity index is 397. The summed E-state index contributed by atoms with van der Waals surface area (Å²) in [5.41, 5.74) is -0.311. The minimum absolute atomic E-state index is 0.311. The highest BCUT2D eigenvalue weighted by Crippen LogP contribution is 2.40. The maximum Gasteiger partial charge on any atom is 0.228 e. The van der Waals surface area contributed by atoms with Crippen LogP contribution in [0.2, 0.25) is 0 Å². The molecule has 0 aromatic carbocycles. The van der Waals surface area contributed by atoms with E-state index in [-0.39, 0.29) is 5.60 Å².